The molecule has 1 aromatic heterocycles. The van der Waals surface area contributed by atoms with Crippen molar-refractivity contribution in [3.05, 3.63) is 6.20 Å². The summed E-state index contributed by atoms with van der Waals surface area (Å²) in [6.45, 7) is 0. The molecule has 10 heteroatoms. The van der Waals surface area contributed by atoms with Gasteiger partial charge in [-0.15, -0.1) is 0 Å². The largest absolute Gasteiger partial charge is 0.481 e. The van der Waals surface area contributed by atoms with Crippen LogP contribution in [0.2, 0.25) is 0 Å². The predicted octanol–water partition coefficient (Wildman–Crippen LogP) is 1.10. The molecule has 0 aromatic carbocycles. The van der Waals surface area contributed by atoms with E-state index < -0.39 is 18.1 Å². The van der Waals surface area contributed by atoms with Crippen molar-refractivity contribution in [1.82, 2.24) is 9.78 Å². The van der Waals surface area contributed by atoms with Crippen molar-refractivity contribution in [2.24, 2.45) is 7.05 Å². The zero-order valence-electron chi connectivity index (χ0n) is 8.98. The molecule has 0 atom stereocenters. The van der Waals surface area contributed by atoms with E-state index in [1.165, 1.54) is 11.7 Å². The minimum Gasteiger partial charge on any atom is -0.481 e. The number of aryl methyl sites for hydroxylation is 1. The molecule has 1 amide bonds. The number of carboxylic acids is 1. The second-order valence-corrected chi connectivity index (χ2v) is 4.12. The first-order valence-electron chi connectivity index (χ1n) is 4.46. The lowest BCUT2D eigenvalue weighted by Crippen LogP contribution is -2.30. The minimum absolute atomic E-state index is 0.0116. The number of hydrogen-bond acceptors (Lipinski definition) is 4. The molecule has 0 aliphatic rings. The third-order valence-electron chi connectivity index (χ3n) is 1.63. The standard InChI is InChI=1S/C8H8F3N3O3S/c1-14-2-4(12-7(17)8(9,10)11)6(13-14)18-3-5(15)16/h2H,3H2,1H3,(H,12,17)(H,15,16). The SMILES string of the molecule is Cn1cc(NC(=O)C(F)(F)F)c(SCC(=O)O)n1. The fourth-order valence-corrected chi connectivity index (χ4v) is 1.69. The van der Waals surface area contributed by atoms with E-state index in [2.05, 4.69) is 5.10 Å². The molecule has 100 valence electrons. The summed E-state index contributed by atoms with van der Waals surface area (Å²) in [6.07, 6.45) is -3.85. The molecule has 6 nitrogen and oxygen atoms in total. The number of thioether (sulfide) groups is 1. The van der Waals surface area contributed by atoms with Gasteiger partial charge in [-0.3, -0.25) is 14.3 Å². The number of nitrogens with zero attached hydrogens (tertiary/aromatic N) is 2. The van der Waals surface area contributed by atoms with Gasteiger partial charge in [-0.2, -0.15) is 18.3 Å². The van der Waals surface area contributed by atoms with Gasteiger partial charge in [0.15, 0.2) is 0 Å². The molecule has 0 spiro atoms. The number of halogens is 3. The van der Waals surface area contributed by atoms with Crippen LogP contribution in [0.4, 0.5) is 18.9 Å². The number of amides is 1. The summed E-state index contributed by atoms with van der Waals surface area (Å²) in [5, 5.41) is 13.9. The molecule has 0 fully saturated rings. The van der Waals surface area contributed by atoms with Crippen LogP contribution in [0.25, 0.3) is 0 Å². The van der Waals surface area contributed by atoms with Crippen LogP contribution in [0, 0.1) is 0 Å². The quantitative estimate of drug-likeness (QED) is 0.808. The highest BCUT2D eigenvalue weighted by molar-refractivity contribution is 8.00. The monoisotopic (exact) mass is 283 g/mol. The number of aromatic nitrogens is 2. The highest BCUT2D eigenvalue weighted by Gasteiger charge is 2.39. The number of carbonyl (C=O) groups is 2. The molecular formula is C8H8F3N3O3S. The van der Waals surface area contributed by atoms with Crippen LogP contribution in [-0.2, 0) is 16.6 Å². The topological polar surface area (TPSA) is 84.2 Å². The van der Waals surface area contributed by atoms with Crippen molar-refractivity contribution in [3.8, 4) is 0 Å². The van der Waals surface area contributed by atoms with Gasteiger partial charge in [0.2, 0.25) is 0 Å². The second kappa shape index (κ2) is 5.29. The molecule has 2 N–H and O–H groups in total. The number of anilines is 1. The summed E-state index contributed by atoms with van der Waals surface area (Å²) < 4.78 is 37.3. The fourth-order valence-electron chi connectivity index (χ4n) is 0.984. The van der Waals surface area contributed by atoms with E-state index >= 15 is 0 Å². The molecule has 1 aromatic rings. The number of rotatable bonds is 4. The molecule has 1 rings (SSSR count). The summed E-state index contributed by atoms with van der Waals surface area (Å²) in [7, 11) is 1.44. The molecule has 0 unspecified atom stereocenters. The third kappa shape index (κ3) is 3.95. The first kappa shape index (κ1) is 14.4. The van der Waals surface area contributed by atoms with Crippen molar-refractivity contribution in [2.45, 2.75) is 11.2 Å². The van der Waals surface area contributed by atoms with Crippen LogP contribution in [0.5, 0.6) is 0 Å². The third-order valence-corrected chi connectivity index (χ3v) is 2.60. The predicted molar refractivity (Wildman–Crippen MR) is 56.3 cm³/mol. The average Bonchev–Trinajstić information content (AvgIpc) is 2.54. The van der Waals surface area contributed by atoms with E-state index in [4.69, 9.17) is 5.11 Å². The van der Waals surface area contributed by atoms with E-state index in [0.29, 0.717) is 11.8 Å². The van der Waals surface area contributed by atoms with E-state index in [9.17, 15) is 22.8 Å². The van der Waals surface area contributed by atoms with E-state index in [1.807, 2.05) is 0 Å². The Bertz CT molecular complexity index is 472. The van der Waals surface area contributed by atoms with Gasteiger partial charge in [0.1, 0.15) is 5.03 Å². The van der Waals surface area contributed by atoms with Gasteiger partial charge < -0.3 is 10.4 Å². The maximum Gasteiger partial charge on any atom is 0.471 e. The fraction of sp³-hybridized carbons (Fsp3) is 0.375. The van der Waals surface area contributed by atoms with Crippen molar-refractivity contribution < 1.29 is 27.9 Å². The Morgan fingerprint density at radius 2 is 2.17 bits per heavy atom. The van der Waals surface area contributed by atoms with Crippen LogP contribution in [0.1, 0.15) is 0 Å². The van der Waals surface area contributed by atoms with Gasteiger partial charge in [0.25, 0.3) is 0 Å². The molecule has 18 heavy (non-hydrogen) atoms. The van der Waals surface area contributed by atoms with Gasteiger partial charge in [0.05, 0.1) is 11.4 Å². The average molecular weight is 283 g/mol. The van der Waals surface area contributed by atoms with Crippen molar-refractivity contribution in [3.63, 3.8) is 0 Å². The number of carboxylic acid groups (broad SMARTS) is 1. The summed E-state index contributed by atoms with van der Waals surface area (Å²) in [4.78, 5) is 21.1. The lowest BCUT2D eigenvalue weighted by molar-refractivity contribution is -0.167. The first-order valence-corrected chi connectivity index (χ1v) is 5.45. The Morgan fingerprint density at radius 1 is 1.56 bits per heavy atom. The molecule has 0 radical (unpaired) electrons. The van der Waals surface area contributed by atoms with Crippen molar-refractivity contribution in [1.29, 1.82) is 0 Å². The van der Waals surface area contributed by atoms with Gasteiger partial charge in [0, 0.05) is 13.2 Å². The molecule has 0 saturated carbocycles. The number of hydrogen-bond donors (Lipinski definition) is 2. The van der Waals surface area contributed by atoms with Gasteiger partial charge >= 0.3 is 18.1 Å². The maximum atomic E-state index is 12.0. The Labute approximate surface area is 103 Å². The van der Waals surface area contributed by atoms with E-state index in [0.717, 1.165) is 6.20 Å². The molecule has 0 saturated heterocycles. The first-order chi connectivity index (χ1) is 8.20. The van der Waals surface area contributed by atoms with Crippen LogP contribution >= 0.6 is 11.8 Å². The summed E-state index contributed by atoms with van der Waals surface area (Å²) >= 11 is 0.715. The Kier molecular flexibility index (Phi) is 4.22. The summed E-state index contributed by atoms with van der Waals surface area (Å²) in [6, 6.07) is 0. The van der Waals surface area contributed by atoms with Gasteiger partial charge in [-0.25, -0.2) is 0 Å². The summed E-state index contributed by atoms with van der Waals surface area (Å²) in [5.41, 5.74) is -0.175. The molecular weight excluding hydrogens is 275 g/mol. The van der Waals surface area contributed by atoms with Gasteiger partial charge in [-0.1, -0.05) is 11.8 Å². The van der Waals surface area contributed by atoms with Crippen molar-refractivity contribution in [2.75, 3.05) is 11.1 Å². The second-order valence-electron chi connectivity index (χ2n) is 3.16. The van der Waals surface area contributed by atoms with Crippen LogP contribution < -0.4 is 5.32 Å². The van der Waals surface area contributed by atoms with E-state index in [-0.39, 0.29) is 16.5 Å². The maximum absolute atomic E-state index is 12.0. The number of carbonyl (C=O) groups excluding carboxylic acids is 1. The summed E-state index contributed by atoms with van der Waals surface area (Å²) in [5.74, 6) is -3.64. The Balaban J connectivity index is 2.82. The van der Waals surface area contributed by atoms with Crippen molar-refractivity contribution >= 4 is 29.3 Å². The molecule has 1 heterocycles. The number of alkyl halides is 3. The Morgan fingerprint density at radius 3 is 2.67 bits per heavy atom. The van der Waals surface area contributed by atoms with E-state index in [1.54, 1.807) is 5.32 Å². The molecule has 0 aliphatic carbocycles. The normalized spacial score (nSPS) is 11.3. The minimum atomic E-state index is -5.01. The molecule has 0 bridgehead atoms. The zero-order valence-corrected chi connectivity index (χ0v) is 9.80. The number of aliphatic carboxylic acids is 1. The van der Waals surface area contributed by atoms with Crippen LogP contribution in [-0.4, -0.2) is 38.7 Å². The lowest BCUT2D eigenvalue weighted by atomic mass is 10.5. The number of nitrogens with one attached hydrogen (secondary N) is 1. The molecule has 0 aliphatic heterocycles. The highest BCUT2D eigenvalue weighted by Crippen LogP contribution is 2.27. The zero-order chi connectivity index (χ0) is 13.9. The smallest absolute Gasteiger partial charge is 0.471 e. The highest BCUT2D eigenvalue weighted by atomic mass is 32.2. The lowest BCUT2D eigenvalue weighted by Gasteiger charge is -2.06. The van der Waals surface area contributed by atoms with Crippen LogP contribution in [0.15, 0.2) is 11.2 Å². The van der Waals surface area contributed by atoms with Crippen LogP contribution in [0.3, 0.4) is 0 Å². The Hall–Kier alpha value is -1.71. The van der Waals surface area contributed by atoms with Gasteiger partial charge in [-0.05, 0) is 0 Å².